The second-order valence-corrected chi connectivity index (χ2v) is 8.59. The number of unbranched alkanes of at least 4 members (excludes halogenated alkanes) is 1. The summed E-state index contributed by atoms with van der Waals surface area (Å²) < 4.78 is 5.83. The second-order valence-electron chi connectivity index (χ2n) is 8.59. The summed E-state index contributed by atoms with van der Waals surface area (Å²) in [5.74, 6) is 2.61. The summed E-state index contributed by atoms with van der Waals surface area (Å²) in [5, 5.41) is 3.07. The number of aryl methyl sites for hydroxylation is 3. The number of aromatic nitrogens is 1. The summed E-state index contributed by atoms with van der Waals surface area (Å²) in [5.41, 5.74) is 3.18. The first-order chi connectivity index (χ1) is 14.1. The highest BCUT2D eigenvalue weighted by atomic mass is 16.4. The van der Waals surface area contributed by atoms with Gasteiger partial charge in [0.1, 0.15) is 5.76 Å². The minimum atomic E-state index is 0.155. The molecule has 1 amide bonds. The van der Waals surface area contributed by atoms with Crippen LogP contribution in [0.1, 0.15) is 81.2 Å². The molecule has 1 heterocycles. The molecule has 3 rings (SSSR count). The van der Waals surface area contributed by atoms with Gasteiger partial charge in [-0.15, -0.1) is 0 Å². The molecule has 0 bridgehead atoms. The largest absolute Gasteiger partial charge is 0.441 e. The zero-order valence-corrected chi connectivity index (χ0v) is 18.1. The molecule has 158 valence electrons. The van der Waals surface area contributed by atoms with E-state index in [1.165, 1.54) is 50.5 Å². The van der Waals surface area contributed by atoms with Crippen LogP contribution in [-0.2, 0) is 11.2 Å². The van der Waals surface area contributed by atoms with Crippen LogP contribution in [0.25, 0.3) is 11.5 Å². The van der Waals surface area contributed by atoms with Crippen molar-refractivity contribution in [2.75, 3.05) is 6.54 Å². The first kappa shape index (κ1) is 21.6. The van der Waals surface area contributed by atoms with Crippen molar-refractivity contribution >= 4 is 5.91 Å². The van der Waals surface area contributed by atoms with Crippen molar-refractivity contribution in [3.05, 3.63) is 41.3 Å². The van der Waals surface area contributed by atoms with Gasteiger partial charge in [-0.1, -0.05) is 62.6 Å². The number of benzene rings is 1. The fraction of sp³-hybridized carbons (Fsp3) is 0.600. The van der Waals surface area contributed by atoms with Gasteiger partial charge in [-0.25, -0.2) is 4.98 Å². The van der Waals surface area contributed by atoms with E-state index in [1.54, 1.807) is 0 Å². The zero-order chi connectivity index (χ0) is 20.5. The van der Waals surface area contributed by atoms with E-state index < -0.39 is 0 Å². The lowest BCUT2D eigenvalue weighted by atomic mass is 9.86. The first-order valence-electron chi connectivity index (χ1n) is 11.4. The summed E-state index contributed by atoms with van der Waals surface area (Å²) in [6.07, 6.45) is 12.9. The number of hydrogen-bond donors (Lipinski definition) is 1. The Labute approximate surface area is 175 Å². The maximum absolute atomic E-state index is 12.1. The first-order valence-corrected chi connectivity index (χ1v) is 11.4. The van der Waals surface area contributed by atoms with Crippen LogP contribution in [0.3, 0.4) is 0 Å². The predicted molar refractivity (Wildman–Crippen MR) is 118 cm³/mol. The van der Waals surface area contributed by atoms with Crippen LogP contribution in [0.5, 0.6) is 0 Å². The van der Waals surface area contributed by atoms with Crippen molar-refractivity contribution < 1.29 is 9.21 Å². The summed E-state index contributed by atoms with van der Waals surface area (Å²) in [4.78, 5) is 16.7. The molecule has 1 aromatic heterocycles. The van der Waals surface area contributed by atoms with Gasteiger partial charge in [-0.3, -0.25) is 4.79 Å². The van der Waals surface area contributed by atoms with Gasteiger partial charge in [0.05, 0.1) is 5.69 Å². The number of nitrogens with zero attached hydrogens (tertiary/aromatic N) is 1. The van der Waals surface area contributed by atoms with E-state index in [1.807, 2.05) is 19.1 Å². The van der Waals surface area contributed by atoms with Crippen LogP contribution in [0.2, 0.25) is 0 Å². The number of hydrogen-bond acceptors (Lipinski definition) is 3. The van der Waals surface area contributed by atoms with Crippen LogP contribution in [0.15, 0.2) is 28.7 Å². The van der Waals surface area contributed by atoms with Gasteiger partial charge in [-0.05, 0) is 51.2 Å². The van der Waals surface area contributed by atoms with Crippen molar-refractivity contribution in [1.82, 2.24) is 10.3 Å². The molecule has 1 aromatic carbocycles. The fourth-order valence-corrected chi connectivity index (χ4v) is 4.25. The van der Waals surface area contributed by atoms with Gasteiger partial charge in [0.15, 0.2) is 0 Å². The van der Waals surface area contributed by atoms with E-state index in [-0.39, 0.29) is 5.91 Å². The molecule has 1 saturated carbocycles. The van der Waals surface area contributed by atoms with Crippen LogP contribution < -0.4 is 5.32 Å². The molecule has 0 atom stereocenters. The number of carbonyl (C=O) groups excluding carboxylic acids is 1. The summed E-state index contributed by atoms with van der Waals surface area (Å²) >= 11 is 0. The molecule has 0 saturated heterocycles. The van der Waals surface area contributed by atoms with E-state index in [4.69, 9.17) is 4.42 Å². The number of amides is 1. The number of nitrogens with one attached hydrogen (secondary N) is 1. The Morgan fingerprint density at radius 2 is 1.83 bits per heavy atom. The van der Waals surface area contributed by atoms with Crippen LogP contribution in [-0.4, -0.2) is 17.4 Å². The standard InChI is InChI=1S/C25H36N2O2/c1-19-14-16-22(17-15-19)25-27-23(20(2)29-25)12-8-13-24(28)26-18-7-6-11-21-9-4-3-5-10-21/h14-17,21H,3-13,18H2,1-2H3,(H,26,28). The molecule has 0 aliphatic heterocycles. The van der Waals surface area contributed by atoms with Crippen LogP contribution in [0.4, 0.5) is 0 Å². The third-order valence-corrected chi connectivity index (χ3v) is 6.09. The van der Waals surface area contributed by atoms with Crippen molar-refractivity contribution in [1.29, 1.82) is 0 Å². The molecule has 29 heavy (non-hydrogen) atoms. The molecule has 0 radical (unpaired) electrons. The Bertz CT molecular complexity index is 758. The van der Waals surface area contributed by atoms with Crippen molar-refractivity contribution in [2.45, 2.75) is 84.5 Å². The van der Waals surface area contributed by atoms with E-state index in [2.05, 4.69) is 29.4 Å². The van der Waals surface area contributed by atoms with Gasteiger partial charge in [0.2, 0.25) is 11.8 Å². The third kappa shape index (κ3) is 7.02. The maximum atomic E-state index is 12.1. The van der Waals surface area contributed by atoms with E-state index in [9.17, 15) is 4.79 Å². The van der Waals surface area contributed by atoms with Crippen molar-refractivity contribution in [3.63, 3.8) is 0 Å². The van der Waals surface area contributed by atoms with Gasteiger partial charge in [0.25, 0.3) is 0 Å². The molecule has 0 unspecified atom stereocenters. The minimum absolute atomic E-state index is 0.155. The topological polar surface area (TPSA) is 55.1 Å². The lowest BCUT2D eigenvalue weighted by Crippen LogP contribution is -2.24. The van der Waals surface area contributed by atoms with Gasteiger partial charge >= 0.3 is 0 Å². The quantitative estimate of drug-likeness (QED) is 0.490. The minimum Gasteiger partial charge on any atom is -0.441 e. The molecule has 1 aliphatic carbocycles. The molecule has 1 N–H and O–H groups in total. The van der Waals surface area contributed by atoms with E-state index in [0.29, 0.717) is 12.3 Å². The normalized spacial score (nSPS) is 14.8. The molecular formula is C25H36N2O2. The average molecular weight is 397 g/mol. The molecule has 1 fully saturated rings. The highest BCUT2D eigenvalue weighted by molar-refractivity contribution is 5.75. The number of rotatable bonds is 10. The smallest absolute Gasteiger partial charge is 0.226 e. The Morgan fingerprint density at radius 1 is 1.07 bits per heavy atom. The number of oxazole rings is 1. The highest BCUT2D eigenvalue weighted by Gasteiger charge is 2.13. The Kier molecular flexibility index (Phi) is 8.33. The summed E-state index contributed by atoms with van der Waals surface area (Å²) in [6.45, 7) is 4.83. The molecule has 0 spiro atoms. The zero-order valence-electron chi connectivity index (χ0n) is 18.1. The molecular weight excluding hydrogens is 360 g/mol. The highest BCUT2D eigenvalue weighted by Crippen LogP contribution is 2.27. The molecule has 4 heteroatoms. The Balaban J connectivity index is 1.31. The predicted octanol–water partition coefficient (Wildman–Crippen LogP) is 6.15. The average Bonchev–Trinajstić information content (AvgIpc) is 3.09. The van der Waals surface area contributed by atoms with Crippen molar-refractivity contribution in [3.8, 4) is 11.5 Å². The number of carbonyl (C=O) groups is 1. The fourth-order valence-electron chi connectivity index (χ4n) is 4.25. The van der Waals surface area contributed by atoms with Gasteiger partial charge in [0, 0.05) is 18.5 Å². The summed E-state index contributed by atoms with van der Waals surface area (Å²) in [6, 6.07) is 8.19. The van der Waals surface area contributed by atoms with Gasteiger partial charge in [-0.2, -0.15) is 0 Å². The monoisotopic (exact) mass is 396 g/mol. The lowest BCUT2D eigenvalue weighted by Gasteiger charge is -2.21. The molecule has 1 aliphatic rings. The SMILES string of the molecule is Cc1ccc(-c2nc(CCCC(=O)NCCCCC3CCCCC3)c(C)o2)cc1. The lowest BCUT2D eigenvalue weighted by molar-refractivity contribution is -0.121. The maximum Gasteiger partial charge on any atom is 0.226 e. The molecule has 4 nitrogen and oxygen atoms in total. The summed E-state index contributed by atoms with van der Waals surface area (Å²) in [7, 11) is 0. The Morgan fingerprint density at radius 3 is 2.59 bits per heavy atom. The molecule has 2 aromatic rings. The van der Waals surface area contributed by atoms with Crippen LogP contribution in [0, 0.1) is 19.8 Å². The van der Waals surface area contributed by atoms with E-state index >= 15 is 0 Å². The Hall–Kier alpha value is -2.10. The van der Waals surface area contributed by atoms with Crippen LogP contribution >= 0.6 is 0 Å². The third-order valence-electron chi connectivity index (χ3n) is 6.09. The second kappa shape index (κ2) is 11.2. The van der Waals surface area contributed by atoms with Crippen molar-refractivity contribution in [2.24, 2.45) is 5.92 Å². The van der Waals surface area contributed by atoms with E-state index in [0.717, 1.165) is 48.7 Å². The van der Waals surface area contributed by atoms with Gasteiger partial charge < -0.3 is 9.73 Å².